The number of hydrogen-bond donors (Lipinski definition) is 0. The SMILES string of the molecule is CC(C)Oc1ccc(Cl)c(CSC2=NOC(C)(CCl)C2)c1. The Morgan fingerprint density at radius 2 is 2.24 bits per heavy atom. The van der Waals surface area contributed by atoms with Gasteiger partial charge in [-0.15, -0.1) is 23.4 Å². The molecule has 0 fully saturated rings. The van der Waals surface area contributed by atoms with E-state index in [-0.39, 0.29) is 11.7 Å². The van der Waals surface area contributed by atoms with Crippen LogP contribution in [0.25, 0.3) is 0 Å². The summed E-state index contributed by atoms with van der Waals surface area (Å²) in [6.45, 7) is 5.96. The van der Waals surface area contributed by atoms with Gasteiger partial charge in [0.2, 0.25) is 0 Å². The zero-order valence-corrected chi connectivity index (χ0v) is 14.7. The van der Waals surface area contributed by atoms with Gasteiger partial charge in [0.25, 0.3) is 0 Å². The normalized spacial score (nSPS) is 21.3. The van der Waals surface area contributed by atoms with Crippen LogP contribution in [0, 0.1) is 0 Å². The highest BCUT2D eigenvalue weighted by molar-refractivity contribution is 8.13. The summed E-state index contributed by atoms with van der Waals surface area (Å²) in [7, 11) is 0. The Morgan fingerprint density at radius 1 is 1.48 bits per heavy atom. The van der Waals surface area contributed by atoms with Crippen LogP contribution in [0.4, 0.5) is 0 Å². The van der Waals surface area contributed by atoms with Crippen LogP contribution in [0.5, 0.6) is 5.75 Å². The summed E-state index contributed by atoms with van der Waals surface area (Å²) in [6.07, 6.45) is 0.879. The van der Waals surface area contributed by atoms with Gasteiger partial charge in [0.1, 0.15) is 10.8 Å². The molecule has 1 aromatic rings. The van der Waals surface area contributed by atoms with Gasteiger partial charge in [-0.25, -0.2) is 0 Å². The van der Waals surface area contributed by atoms with Gasteiger partial charge in [-0.1, -0.05) is 16.8 Å². The number of hydrogen-bond acceptors (Lipinski definition) is 4. The molecule has 1 heterocycles. The van der Waals surface area contributed by atoms with Crippen molar-refractivity contribution in [1.29, 1.82) is 0 Å². The van der Waals surface area contributed by atoms with Crippen LogP contribution in [0.15, 0.2) is 23.4 Å². The molecule has 21 heavy (non-hydrogen) atoms. The Hall–Kier alpha value is -0.580. The van der Waals surface area contributed by atoms with Crippen molar-refractivity contribution < 1.29 is 9.57 Å². The van der Waals surface area contributed by atoms with Gasteiger partial charge in [0.05, 0.1) is 12.0 Å². The largest absolute Gasteiger partial charge is 0.491 e. The van der Waals surface area contributed by atoms with Crippen LogP contribution in [-0.2, 0) is 10.6 Å². The molecule has 2 rings (SSSR count). The van der Waals surface area contributed by atoms with E-state index < -0.39 is 0 Å². The van der Waals surface area contributed by atoms with Crippen LogP contribution in [0.2, 0.25) is 5.02 Å². The Morgan fingerprint density at radius 3 is 2.86 bits per heavy atom. The van der Waals surface area contributed by atoms with Gasteiger partial charge in [0.15, 0.2) is 5.60 Å². The standard InChI is InChI=1S/C15H19Cl2NO2S/c1-10(2)19-12-4-5-13(17)11(6-12)8-21-14-7-15(3,9-16)20-18-14/h4-6,10H,7-9H2,1-3H3. The van der Waals surface area contributed by atoms with Gasteiger partial charge >= 0.3 is 0 Å². The van der Waals surface area contributed by atoms with Gasteiger partial charge < -0.3 is 9.57 Å². The van der Waals surface area contributed by atoms with Crippen LogP contribution in [0.1, 0.15) is 32.8 Å². The number of halogens is 2. The van der Waals surface area contributed by atoms with Crippen molar-refractivity contribution in [2.45, 2.75) is 44.6 Å². The van der Waals surface area contributed by atoms with Crippen molar-refractivity contribution in [1.82, 2.24) is 0 Å². The predicted molar refractivity (Wildman–Crippen MR) is 90.8 cm³/mol. The van der Waals surface area contributed by atoms with Crippen molar-refractivity contribution in [2.75, 3.05) is 5.88 Å². The maximum atomic E-state index is 6.24. The summed E-state index contributed by atoms with van der Waals surface area (Å²) < 4.78 is 5.69. The fraction of sp³-hybridized carbons (Fsp3) is 0.533. The molecule has 0 N–H and O–H groups in total. The van der Waals surface area contributed by atoms with Gasteiger partial charge in [-0.05, 0) is 44.5 Å². The lowest BCUT2D eigenvalue weighted by molar-refractivity contribution is 0.0152. The molecule has 1 aliphatic heterocycles. The van der Waals surface area contributed by atoms with Crippen molar-refractivity contribution in [2.24, 2.45) is 5.16 Å². The third kappa shape index (κ3) is 4.70. The minimum Gasteiger partial charge on any atom is -0.491 e. The quantitative estimate of drug-likeness (QED) is 0.695. The van der Waals surface area contributed by atoms with Crippen molar-refractivity contribution in [3.8, 4) is 5.75 Å². The number of rotatable bonds is 5. The van der Waals surface area contributed by atoms with E-state index in [2.05, 4.69) is 5.16 Å². The van der Waals surface area contributed by atoms with Gasteiger partial charge in [-0.2, -0.15) is 0 Å². The molecule has 0 saturated carbocycles. The molecule has 1 unspecified atom stereocenters. The molecule has 0 radical (unpaired) electrons. The first-order valence-electron chi connectivity index (χ1n) is 6.81. The van der Waals surface area contributed by atoms with Crippen LogP contribution in [0.3, 0.4) is 0 Å². The maximum absolute atomic E-state index is 6.24. The second-order valence-electron chi connectivity index (χ2n) is 5.55. The average Bonchev–Trinajstić information content (AvgIpc) is 2.81. The molecule has 116 valence electrons. The molecule has 6 heteroatoms. The summed E-state index contributed by atoms with van der Waals surface area (Å²) in [5, 5.41) is 5.78. The fourth-order valence-corrected chi connectivity index (χ4v) is 3.33. The number of nitrogens with zero attached hydrogens (tertiary/aromatic N) is 1. The summed E-state index contributed by atoms with van der Waals surface area (Å²) in [6, 6.07) is 5.73. The molecule has 1 atom stereocenters. The van der Waals surface area contributed by atoms with Gasteiger partial charge in [-0.3, -0.25) is 0 Å². The molecule has 0 bridgehead atoms. The summed E-state index contributed by atoms with van der Waals surface area (Å²) in [5.41, 5.74) is 0.651. The lowest BCUT2D eigenvalue weighted by atomic mass is 10.1. The van der Waals surface area contributed by atoms with Crippen LogP contribution >= 0.6 is 35.0 Å². The summed E-state index contributed by atoms with van der Waals surface area (Å²) >= 11 is 13.7. The fourth-order valence-electron chi connectivity index (χ4n) is 1.86. The van der Waals surface area contributed by atoms with Crippen molar-refractivity contribution in [3.63, 3.8) is 0 Å². The van der Waals surface area contributed by atoms with Crippen LogP contribution in [-0.4, -0.2) is 22.6 Å². The molecule has 0 aromatic heterocycles. The van der Waals surface area contributed by atoms with E-state index in [1.807, 2.05) is 39.0 Å². The second-order valence-corrected chi connectivity index (χ2v) is 7.27. The predicted octanol–water partition coefficient (Wildman–Crippen LogP) is 5.09. The van der Waals surface area contributed by atoms with E-state index in [9.17, 15) is 0 Å². The molecule has 0 aliphatic carbocycles. The van der Waals surface area contributed by atoms with E-state index >= 15 is 0 Å². The van der Waals surface area contributed by atoms with E-state index in [1.54, 1.807) is 11.8 Å². The molecule has 0 spiro atoms. The number of thioether (sulfide) groups is 1. The van der Waals surface area contributed by atoms with Crippen molar-refractivity contribution >= 4 is 40.0 Å². The molecule has 0 amide bonds. The first-order chi connectivity index (χ1) is 9.92. The summed E-state index contributed by atoms with van der Waals surface area (Å²) in [5.74, 6) is 1.99. The van der Waals surface area contributed by atoms with E-state index in [0.29, 0.717) is 5.88 Å². The Labute approximate surface area is 140 Å². The first-order valence-corrected chi connectivity index (χ1v) is 8.70. The van der Waals surface area contributed by atoms with Gasteiger partial charge in [0, 0.05) is 17.2 Å². The van der Waals surface area contributed by atoms with Crippen molar-refractivity contribution in [3.05, 3.63) is 28.8 Å². The third-order valence-corrected chi connectivity index (χ3v) is 4.90. The van der Waals surface area contributed by atoms with E-state index in [4.69, 9.17) is 32.8 Å². The maximum Gasteiger partial charge on any atom is 0.154 e. The highest BCUT2D eigenvalue weighted by Gasteiger charge is 2.33. The highest BCUT2D eigenvalue weighted by atomic mass is 35.5. The lowest BCUT2D eigenvalue weighted by Crippen LogP contribution is -2.26. The van der Waals surface area contributed by atoms with E-state index in [1.165, 1.54) is 0 Å². The first kappa shape index (κ1) is 16.8. The van der Waals surface area contributed by atoms with E-state index in [0.717, 1.165) is 33.6 Å². The number of alkyl halides is 1. The monoisotopic (exact) mass is 347 g/mol. The summed E-state index contributed by atoms with van der Waals surface area (Å²) in [4.78, 5) is 5.37. The minimum atomic E-state index is -0.379. The lowest BCUT2D eigenvalue weighted by Gasteiger charge is -2.16. The average molecular weight is 348 g/mol. The second kappa shape index (κ2) is 7.12. The molecule has 1 aromatic carbocycles. The molecular formula is C15H19Cl2NO2S. The topological polar surface area (TPSA) is 30.8 Å². The number of benzene rings is 1. The molecular weight excluding hydrogens is 329 g/mol. The number of oxime groups is 1. The highest BCUT2D eigenvalue weighted by Crippen LogP contribution is 2.33. The van der Waals surface area contributed by atoms with Crippen LogP contribution < -0.4 is 4.74 Å². The Balaban J connectivity index is 1.97. The Bertz CT molecular complexity index is 536. The number of ether oxygens (including phenoxy) is 1. The zero-order chi connectivity index (χ0) is 15.5. The Kier molecular flexibility index (Phi) is 5.69. The zero-order valence-electron chi connectivity index (χ0n) is 12.4. The molecule has 3 nitrogen and oxygen atoms in total. The smallest absolute Gasteiger partial charge is 0.154 e. The minimum absolute atomic E-state index is 0.142. The molecule has 0 saturated heterocycles. The third-order valence-electron chi connectivity index (χ3n) is 2.96. The molecule has 1 aliphatic rings.